The Bertz CT molecular complexity index is 330. The largest absolute Gasteiger partial charge is 0.317 e. The number of rotatable bonds is 8. The second-order valence-corrected chi connectivity index (χ2v) is 7.61. The minimum absolute atomic E-state index is 0.292. The molecule has 1 rings (SSSR count). The fraction of sp³-hybridized carbons (Fsp3) is 1.00. The Morgan fingerprint density at radius 1 is 1.16 bits per heavy atom. The molecular weight excluding hydrogens is 260 g/mol. The average molecular weight is 290 g/mol. The average Bonchev–Trinajstić information content (AvgIpc) is 2.64. The monoisotopic (exact) mass is 290 g/mol. The summed E-state index contributed by atoms with van der Waals surface area (Å²) >= 11 is 0. The number of nitrogens with zero attached hydrogens (tertiary/aromatic N) is 1. The SMILES string of the molecule is CCCNCCCS(=O)(=O)N1CCCC(CC)CC1. The van der Waals surface area contributed by atoms with Crippen molar-refractivity contribution in [3.8, 4) is 0 Å². The highest BCUT2D eigenvalue weighted by molar-refractivity contribution is 7.89. The first-order chi connectivity index (χ1) is 9.10. The third kappa shape index (κ3) is 6.23. The van der Waals surface area contributed by atoms with Crippen LogP contribution in [0.1, 0.15) is 52.4 Å². The van der Waals surface area contributed by atoms with Gasteiger partial charge in [0.2, 0.25) is 10.0 Å². The van der Waals surface area contributed by atoms with Gasteiger partial charge in [-0.1, -0.05) is 20.3 Å². The van der Waals surface area contributed by atoms with Crippen molar-refractivity contribution in [2.45, 2.75) is 52.4 Å². The molecule has 0 spiro atoms. The topological polar surface area (TPSA) is 49.4 Å². The van der Waals surface area contributed by atoms with E-state index in [9.17, 15) is 8.42 Å². The van der Waals surface area contributed by atoms with E-state index in [1.54, 1.807) is 4.31 Å². The number of nitrogens with one attached hydrogen (secondary N) is 1. The zero-order chi connectivity index (χ0) is 14.1. The molecule has 19 heavy (non-hydrogen) atoms. The van der Waals surface area contributed by atoms with E-state index in [0.717, 1.165) is 51.9 Å². The molecule has 4 nitrogen and oxygen atoms in total. The maximum atomic E-state index is 12.3. The van der Waals surface area contributed by atoms with Gasteiger partial charge in [-0.2, -0.15) is 0 Å². The highest BCUT2D eigenvalue weighted by Crippen LogP contribution is 2.22. The van der Waals surface area contributed by atoms with Gasteiger partial charge in [-0.3, -0.25) is 0 Å². The van der Waals surface area contributed by atoms with Crippen molar-refractivity contribution < 1.29 is 8.42 Å². The lowest BCUT2D eigenvalue weighted by molar-refractivity contribution is 0.406. The predicted octanol–water partition coefficient (Wildman–Crippen LogP) is 2.22. The van der Waals surface area contributed by atoms with Crippen LogP contribution < -0.4 is 5.32 Å². The lowest BCUT2D eigenvalue weighted by Crippen LogP contribution is -2.34. The third-order valence-electron chi connectivity index (χ3n) is 3.96. The first-order valence-electron chi connectivity index (χ1n) is 7.78. The molecule has 1 atom stereocenters. The van der Waals surface area contributed by atoms with Gasteiger partial charge in [0.05, 0.1) is 5.75 Å². The second kappa shape index (κ2) is 8.93. The molecule has 0 aromatic rings. The molecule has 0 amide bonds. The summed E-state index contributed by atoms with van der Waals surface area (Å²) in [4.78, 5) is 0. The Hall–Kier alpha value is -0.130. The Balaban J connectivity index is 2.35. The smallest absolute Gasteiger partial charge is 0.214 e. The van der Waals surface area contributed by atoms with Crippen LogP contribution in [0.15, 0.2) is 0 Å². The third-order valence-corrected chi connectivity index (χ3v) is 5.92. The molecule has 1 N–H and O–H groups in total. The number of hydrogen-bond acceptors (Lipinski definition) is 3. The first-order valence-corrected chi connectivity index (χ1v) is 9.39. The maximum Gasteiger partial charge on any atom is 0.214 e. The molecule has 1 unspecified atom stereocenters. The van der Waals surface area contributed by atoms with Gasteiger partial charge in [0.15, 0.2) is 0 Å². The van der Waals surface area contributed by atoms with Crippen LogP contribution in [0.25, 0.3) is 0 Å². The Kier molecular flexibility index (Phi) is 7.95. The summed E-state index contributed by atoms with van der Waals surface area (Å²) in [6.07, 6.45) is 6.22. The van der Waals surface area contributed by atoms with Crippen LogP contribution in [-0.2, 0) is 10.0 Å². The van der Waals surface area contributed by atoms with Crippen molar-refractivity contribution in [3.63, 3.8) is 0 Å². The van der Waals surface area contributed by atoms with Gasteiger partial charge in [-0.25, -0.2) is 12.7 Å². The summed E-state index contributed by atoms with van der Waals surface area (Å²) in [6, 6.07) is 0. The van der Waals surface area contributed by atoms with Gasteiger partial charge in [-0.05, 0) is 51.1 Å². The standard InChI is InChI=1S/C14H30N2O2S/c1-3-9-15-10-6-13-19(17,18)16-11-5-7-14(4-2)8-12-16/h14-15H,3-13H2,1-2H3. The number of hydrogen-bond donors (Lipinski definition) is 1. The van der Waals surface area contributed by atoms with Gasteiger partial charge in [0, 0.05) is 13.1 Å². The van der Waals surface area contributed by atoms with Crippen molar-refractivity contribution in [1.82, 2.24) is 9.62 Å². The normalized spacial score (nSPS) is 22.3. The van der Waals surface area contributed by atoms with E-state index in [1.807, 2.05) is 0 Å². The number of sulfonamides is 1. The first kappa shape index (κ1) is 16.9. The van der Waals surface area contributed by atoms with Gasteiger partial charge < -0.3 is 5.32 Å². The van der Waals surface area contributed by atoms with E-state index in [4.69, 9.17) is 0 Å². The summed E-state index contributed by atoms with van der Waals surface area (Å²) in [5.74, 6) is 1.01. The molecule has 1 heterocycles. The highest BCUT2D eigenvalue weighted by Gasteiger charge is 2.24. The zero-order valence-electron chi connectivity index (χ0n) is 12.5. The maximum absolute atomic E-state index is 12.3. The van der Waals surface area contributed by atoms with Crippen LogP contribution in [0, 0.1) is 5.92 Å². The van der Waals surface area contributed by atoms with E-state index < -0.39 is 10.0 Å². The van der Waals surface area contributed by atoms with Crippen LogP contribution >= 0.6 is 0 Å². The van der Waals surface area contributed by atoms with Crippen molar-refractivity contribution in [3.05, 3.63) is 0 Å². The molecular formula is C14H30N2O2S. The van der Waals surface area contributed by atoms with E-state index in [1.165, 1.54) is 12.8 Å². The summed E-state index contributed by atoms with van der Waals surface area (Å²) in [5.41, 5.74) is 0. The quantitative estimate of drug-likeness (QED) is 0.697. The van der Waals surface area contributed by atoms with Gasteiger partial charge >= 0.3 is 0 Å². The highest BCUT2D eigenvalue weighted by atomic mass is 32.2. The van der Waals surface area contributed by atoms with Gasteiger partial charge in [-0.15, -0.1) is 0 Å². The van der Waals surface area contributed by atoms with Crippen LogP contribution in [0.2, 0.25) is 0 Å². The second-order valence-electron chi connectivity index (χ2n) is 5.52. The molecule has 5 heteroatoms. The van der Waals surface area contributed by atoms with Gasteiger partial charge in [0.25, 0.3) is 0 Å². The molecule has 0 aromatic carbocycles. The van der Waals surface area contributed by atoms with E-state index >= 15 is 0 Å². The lowest BCUT2D eigenvalue weighted by Gasteiger charge is -2.20. The molecule has 0 aliphatic carbocycles. The predicted molar refractivity (Wildman–Crippen MR) is 80.8 cm³/mol. The fourth-order valence-corrected chi connectivity index (χ4v) is 4.19. The molecule has 1 aliphatic heterocycles. The Morgan fingerprint density at radius 2 is 1.95 bits per heavy atom. The minimum Gasteiger partial charge on any atom is -0.317 e. The molecule has 1 saturated heterocycles. The van der Waals surface area contributed by atoms with Crippen LogP contribution in [-0.4, -0.2) is 44.7 Å². The van der Waals surface area contributed by atoms with Crippen LogP contribution in [0.5, 0.6) is 0 Å². The fourth-order valence-electron chi connectivity index (χ4n) is 2.64. The van der Waals surface area contributed by atoms with E-state index in [-0.39, 0.29) is 0 Å². The van der Waals surface area contributed by atoms with Crippen molar-refractivity contribution in [2.24, 2.45) is 5.92 Å². The molecule has 1 fully saturated rings. The van der Waals surface area contributed by atoms with Gasteiger partial charge in [0.1, 0.15) is 0 Å². The summed E-state index contributed by atoms with van der Waals surface area (Å²) < 4.78 is 26.3. The van der Waals surface area contributed by atoms with Crippen molar-refractivity contribution in [2.75, 3.05) is 31.9 Å². The molecule has 114 valence electrons. The summed E-state index contributed by atoms with van der Waals surface area (Å²) in [5, 5.41) is 3.26. The molecule has 0 saturated carbocycles. The van der Waals surface area contributed by atoms with Crippen molar-refractivity contribution >= 4 is 10.0 Å². The summed E-state index contributed by atoms with van der Waals surface area (Å²) in [7, 11) is -3.03. The molecule has 0 aromatic heterocycles. The van der Waals surface area contributed by atoms with E-state index in [0.29, 0.717) is 11.7 Å². The van der Waals surface area contributed by atoms with Crippen molar-refractivity contribution in [1.29, 1.82) is 0 Å². The van der Waals surface area contributed by atoms with Crippen LogP contribution in [0.4, 0.5) is 0 Å². The molecule has 0 radical (unpaired) electrons. The van der Waals surface area contributed by atoms with E-state index in [2.05, 4.69) is 19.2 Å². The minimum atomic E-state index is -3.03. The lowest BCUT2D eigenvalue weighted by atomic mass is 9.98. The van der Waals surface area contributed by atoms with Crippen LogP contribution in [0.3, 0.4) is 0 Å². The Labute approximate surface area is 119 Å². The summed E-state index contributed by atoms with van der Waals surface area (Å²) in [6.45, 7) is 7.55. The zero-order valence-corrected chi connectivity index (χ0v) is 13.3. The molecule has 0 bridgehead atoms. The Morgan fingerprint density at radius 3 is 2.63 bits per heavy atom. The molecule has 1 aliphatic rings.